The number of para-hydroxylation sites is 1. The van der Waals surface area contributed by atoms with Crippen LogP contribution in [0.5, 0.6) is 0 Å². The summed E-state index contributed by atoms with van der Waals surface area (Å²) < 4.78 is 0. The lowest BCUT2D eigenvalue weighted by molar-refractivity contribution is 0.0693. The maximum Gasteiger partial charge on any atom is 0.170 e. The third-order valence-electron chi connectivity index (χ3n) is 6.18. The van der Waals surface area contributed by atoms with Crippen molar-refractivity contribution in [2.24, 2.45) is 23.2 Å². The summed E-state index contributed by atoms with van der Waals surface area (Å²) in [6.07, 6.45) is 10.2. The van der Waals surface area contributed by atoms with Crippen molar-refractivity contribution in [3.05, 3.63) is 30.3 Å². The summed E-state index contributed by atoms with van der Waals surface area (Å²) in [5.41, 5.74) is 1.59. The highest BCUT2D eigenvalue weighted by atomic mass is 32.1. The molecule has 2 unspecified atom stereocenters. The monoisotopic (exact) mass is 314 g/mol. The average molecular weight is 314 g/mol. The minimum absolute atomic E-state index is 0.515. The highest BCUT2D eigenvalue weighted by molar-refractivity contribution is 7.80. The molecule has 5 rings (SSSR count). The van der Waals surface area contributed by atoms with Crippen molar-refractivity contribution in [3.63, 3.8) is 0 Å². The Hall–Kier alpha value is -1.09. The molecular weight excluding hydrogens is 288 g/mol. The second kappa shape index (κ2) is 5.84. The summed E-state index contributed by atoms with van der Waals surface area (Å²) in [4.78, 5) is 0. The molecule has 4 atom stereocenters. The molecule has 1 aromatic rings. The molecule has 0 saturated heterocycles. The van der Waals surface area contributed by atoms with Gasteiger partial charge in [0.05, 0.1) is 0 Å². The maximum atomic E-state index is 5.50. The third kappa shape index (κ3) is 3.01. The number of rotatable bonds is 3. The Kier molecular flexibility index (Phi) is 3.85. The summed E-state index contributed by atoms with van der Waals surface area (Å²) in [6.45, 7) is 1.06. The molecule has 1 aromatic carbocycles. The number of thiocarbonyl (C=S) groups is 1. The SMILES string of the molecule is S=C(NCC12CCC3C[C@H](C[C@H](C3)C1)C2)Nc1ccccc1. The van der Waals surface area contributed by atoms with Gasteiger partial charge in [-0.3, -0.25) is 0 Å². The molecule has 4 fully saturated rings. The van der Waals surface area contributed by atoms with E-state index in [0.29, 0.717) is 5.41 Å². The van der Waals surface area contributed by atoms with E-state index in [9.17, 15) is 0 Å². The molecule has 0 heterocycles. The van der Waals surface area contributed by atoms with E-state index in [4.69, 9.17) is 12.2 Å². The summed E-state index contributed by atoms with van der Waals surface area (Å²) in [7, 11) is 0. The highest BCUT2D eigenvalue weighted by Gasteiger charge is 2.47. The standard InChI is InChI=1S/C19H26N2S/c22-18(21-17-4-2-1-3-5-17)20-13-19-7-6-14-8-15(11-19)10-16(9-14)12-19/h1-5,14-16H,6-13H2,(H2,20,21,22)/t14?,15-,16+,19?. The van der Waals surface area contributed by atoms with Gasteiger partial charge in [-0.1, -0.05) is 18.2 Å². The van der Waals surface area contributed by atoms with Crippen LogP contribution in [-0.2, 0) is 0 Å². The Morgan fingerprint density at radius 2 is 1.73 bits per heavy atom. The van der Waals surface area contributed by atoms with E-state index in [-0.39, 0.29) is 0 Å². The molecule has 2 N–H and O–H groups in total. The molecule has 2 nitrogen and oxygen atoms in total. The first-order chi connectivity index (χ1) is 10.7. The Morgan fingerprint density at radius 1 is 1.05 bits per heavy atom. The molecule has 4 aliphatic rings. The Balaban J connectivity index is 1.37. The van der Waals surface area contributed by atoms with E-state index in [0.717, 1.165) is 35.1 Å². The lowest BCUT2D eigenvalue weighted by Crippen LogP contribution is -2.43. The van der Waals surface area contributed by atoms with Crippen molar-refractivity contribution in [1.29, 1.82) is 0 Å². The Bertz CT molecular complexity index is 528. The molecule has 118 valence electrons. The largest absolute Gasteiger partial charge is 0.362 e. The zero-order valence-electron chi connectivity index (χ0n) is 13.2. The molecule has 4 bridgehead atoms. The summed E-state index contributed by atoms with van der Waals surface area (Å²) >= 11 is 5.50. The normalized spacial score (nSPS) is 35.9. The second-order valence-corrected chi connectivity index (χ2v) is 8.33. The molecule has 22 heavy (non-hydrogen) atoms. The predicted molar refractivity (Wildman–Crippen MR) is 95.9 cm³/mol. The minimum atomic E-state index is 0.515. The lowest BCUT2D eigenvalue weighted by atomic mass is 9.61. The first-order valence-corrected chi connectivity index (χ1v) is 9.22. The zero-order valence-corrected chi connectivity index (χ0v) is 14.0. The molecule has 0 aromatic heterocycles. The van der Waals surface area contributed by atoms with Gasteiger partial charge >= 0.3 is 0 Å². The van der Waals surface area contributed by atoms with E-state index in [1.165, 1.54) is 44.9 Å². The van der Waals surface area contributed by atoms with Crippen LogP contribution in [0.2, 0.25) is 0 Å². The number of hydrogen-bond donors (Lipinski definition) is 2. The number of benzene rings is 1. The predicted octanol–water partition coefficient (Wildman–Crippen LogP) is 4.58. The maximum absolute atomic E-state index is 5.50. The van der Waals surface area contributed by atoms with Gasteiger partial charge in [-0.2, -0.15) is 0 Å². The summed E-state index contributed by atoms with van der Waals surface area (Å²) in [5.74, 6) is 3.03. The van der Waals surface area contributed by atoms with Gasteiger partial charge < -0.3 is 10.6 Å². The molecule has 0 spiro atoms. The number of nitrogens with one attached hydrogen (secondary N) is 2. The van der Waals surface area contributed by atoms with Gasteiger partial charge in [0, 0.05) is 12.2 Å². The van der Waals surface area contributed by atoms with Crippen molar-refractivity contribution in [1.82, 2.24) is 5.32 Å². The van der Waals surface area contributed by atoms with Crippen molar-refractivity contribution in [2.75, 3.05) is 11.9 Å². The van der Waals surface area contributed by atoms with E-state index in [1.54, 1.807) is 0 Å². The van der Waals surface area contributed by atoms with Gasteiger partial charge in [0.2, 0.25) is 0 Å². The highest BCUT2D eigenvalue weighted by Crippen LogP contribution is 2.56. The average Bonchev–Trinajstić information content (AvgIpc) is 2.71. The fraction of sp³-hybridized carbons (Fsp3) is 0.632. The molecule has 0 amide bonds. The second-order valence-electron chi connectivity index (χ2n) is 7.93. The van der Waals surface area contributed by atoms with Crippen LogP contribution >= 0.6 is 12.2 Å². The number of anilines is 1. The lowest BCUT2D eigenvalue weighted by Gasteiger charge is -2.45. The first-order valence-electron chi connectivity index (χ1n) is 8.81. The van der Waals surface area contributed by atoms with Gasteiger partial charge in [-0.25, -0.2) is 0 Å². The van der Waals surface area contributed by atoms with Crippen molar-refractivity contribution < 1.29 is 0 Å². The van der Waals surface area contributed by atoms with Gasteiger partial charge in [0.15, 0.2) is 5.11 Å². The van der Waals surface area contributed by atoms with E-state index >= 15 is 0 Å². The Morgan fingerprint density at radius 3 is 2.45 bits per heavy atom. The quantitative estimate of drug-likeness (QED) is 0.799. The molecule has 0 aliphatic heterocycles. The van der Waals surface area contributed by atoms with Gasteiger partial charge in [0.1, 0.15) is 0 Å². The summed E-state index contributed by atoms with van der Waals surface area (Å²) in [6, 6.07) is 10.2. The molecule has 3 heteroatoms. The molecular formula is C19H26N2S. The summed E-state index contributed by atoms with van der Waals surface area (Å²) in [5, 5.41) is 7.62. The fourth-order valence-corrected chi connectivity index (χ4v) is 5.68. The van der Waals surface area contributed by atoms with E-state index < -0.39 is 0 Å². The van der Waals surface area contributed by atoms with E-state index in [1.807, 2.05) is 18.2 Å². The van der Waals surface area contributed by atoms with Crippen molar-refractivity contribution in [2.45, 2.75) is 44.9 Å². The van der Waals surface area contributed by atoms with Crippen LogP contribution in [0.3, 0.4) is 0 Å². The van der Waals surface area contributed by atoms with Crippen molar-refractivity contribution in [3.8, 4) is 0 Å². The van der Waals surface area contributed by atoms with Crippen LogP contribution in [0.15, 0.2) is 30.3 Å². The van der Waals surface area contributed by atoms with Crippen LogP contribution in [-0.4, -0.2) is 11.7 Å². The number of hydrogen-bond acceptors (Lipinski definition) is 1. The topological polar surface area (TPSA) is 24.1 Å². The van der Waals surface area contributed by atoms with Gasteiger partial charge in [0.25, 0.3) is 0 Å². The molecule has 4 aliphatic carbocycles. The van der Waals surface area contributed by atoms with Gasteiger partial charge in [-0.05, 0) is 92.5 Å². The zero-order chi connectivity index (χ0) is 15.0. The fourth-order valence-electron chi connectivity index (χ4n) is 5.49. The first kappa shape index (κ1) is 14.5. The van der Waals surface area contributed by atoms with Crippen molar-refractivity contribution >= 4 is 23.0 Å². The van der Waals surface area contributed by atoms with Gasteiger partial charge in [-0.15, -0.1) is 0 Å². The Labute approximate surface area is 139 Å². The third-order valence-corrected chi connectivity index (χ3v) is 6.43. The molecule has 4 saturated carbocycles. The van der Waals surface area contributed by atoms with Crippen LogP contribution in [0.25, 0.3) is 0 Å². The van der Waals surface area contributed by atoms with Crippen LogP contribution < -0.4 is 10.6 Å². The van der Waals surface area contributed by atoms with Crippen LogP contribution in [0.1, 0.15) is 44.9 Å². The number of fused-ring (bicyclic) bond motifs is 1. The van der Waals surface area contributed by atoms with Crippen LogP contribution in [0.4, 0.5) is 5.69 Å². The van der Waals surface area contributed by atoms with E-state index in [2.05, 4.69) is 22.8 Å². The molecule has 0 radical (unpaired) electrons. The van der Waals surface area contributed by atoms with Crippen LogP contribution in [0, 0.1) is 23.2 Å². The minimum Gasteiger partial charge on any atom is -0.362 e. The smallest absolute Gasteiger partial charge is 0.170 e.